The number of rotatable bonds is 19. The fourth-order valence-electron chi connectivity index (χ4n) is 4.20. The Morgan fingerprint density at radius 2 is 1.30 bits per heavy atom. The normalized spacial score (nSPS) is 14.4. The Balaban J connectivity index is 3.00. The molecule has 0 saturated carbocycles. The van der Waals surface area contributed by atoms with Crippen molar-refractivity contribution in [2.45, 2.75) is 90.0 Å². The van der Waals surface area contributed by atoms with E-state index in [1.165, 1.54) is 13.8 Å². The summed E-state index contributed by atoms with van der Waals surface area (Å²) in [5.41, 5.74) is 11.6. The lowest BCUT2D eigenvalue weighted by Gasteiger charge is -2.26. The van der Waals surface area contributed by atoms with E-state index in [1.54, 1.807) is 0 Å². The Morgan fingerprint density at radius 1 is 0.744 bits per heavy atom. The predicted molar refractivity (Wildman–Crippen MR) is 160 cm³/mol. The van der Waals surface area contributed by atoms with Crippen molar-refractivity contribution in [3.63, 3.8) is 0 Å². The zero-order chi connectivity index (χ0) is 32.5. The summed E-state index contributed by atoms with van der Waals surface area (Å²) in [5.74, 6) is -3.96. The largest absolute Gasteiger partial charge is 0.394 e. The summed E-state index contributed by atoms with van der Waals surface area (Å²) in [6, 6.07) is 3.60. The Kier molecular flexibility index (Phi) is 16.5. The summed E-state index contributed by atoms with van der Waals surface area (Å²) in [6.07, 6.45) is 1.67. The summed E-state index contributed by atoms with van der Waals surface area (Å²) < 4.78 is 0. The first-order chi connectivity index (χ1) is 20.3. The van der Waals surface area contributed by atoms with Gasteiger partial charge in [0, 0.05) is 13.3 Å². The smallest absolute Gasteiger partial charge is 0.243 e. The van der Waals surface area contributed by atoms with E-state index < -0.39 is 72.3 Å². The highest BCUT2D eigenvalue weighted by Gasteiger charge is 2.31. The van der Waals surface area contributed by atoms with E-state index in [9.17, 15) is 33.9 Å². The van der Waals surface area contributed by atoms with Crippen molar-refractivity contribution in [3.05, 3.63) is 35.9 Å². The summed E-state index contributed by atoms with van der Waals surface area (Å²) in [5, 5.41) is 22.1. The molecule has 0 heterocycles. The molecule has 0 unspecified atom stereocenters. The topological polar surface area (TPSA) is 235 Å². The molecule has 0 aliphatic carbocycles. The number of benzene rings is 1. The fourth-order valence-corrected chi connectivity index (χ4v) is 4.20. The van der Waals surface area contributed by atoms with Crippen LogP contribution in [-0.4, -0.2) is 83.9 Å². The van der Waals surface area contributed by atoms with Crippen molar-refractivity contribution in [2.75, 3.05) is 13.2 Å². The predicted octanol–water partition coefficient (Wildman–Crippen LogP) is -1.65. The highest BCUT2D eigenvalue weighted by Crippen LogP contribution is 2.09. The van der Waals surface area contributed by atoms with Gasteiger partial charge in [-0.05, 0) is 50.6 Å². The molecule has 10 N–H and O–H groups in total. The lowest BCUT2D eigenvalue weighted by Crippen LogP contribution is -2.59. The molecule has 0 fully saturated rings. The molecular formula is C29H47N7O7. The van der Waals surface area contributed by atoms with Crippen molar-refractivity contribution < 1.29 is 33.9 Å². The average Bonchev–Trinajstić information content (AvgIpc) is 2.94. The van der Waals surface area contributed by atoms with Gasteiger partial charge in [0.2, 0.25) is 35.4 Å². The van der Waals surface area contributed by atoms with Crippen molar-refractivity contribution in [3.8, 4) is 0 Å². The van der Waals surface area contributed by atoms with E-state index in [4.69, 9.17) is 11.5 Å². The molecule has 1 aromatic carbocycles. The molecule has 1 rings (SSSR count). The van der Waals surface area contributed by atoms with Gasteiger partial charge in [-0.3, -0.25) is 28.8 Å². The highest BCUT2D eigenvalue weighted by atomic mass is 16.3. The van der Waals surface area contributed by atoms with Gasteiger partial charge in [0.1, 0.15) is 30.2 Å². The van der Waals surface area contributed by atoms with E-state index in [1.807, 2.05) is 44.2 Å². The summed E-state index contributed by atoms with van der Waals surface area (Å²) in [7, 11) is 0. The first-order valence-electron chi connectivity index (χ1n) is 14.4. The molecule has 14 nitrogen and oxygen atoms in total. The van der Waals surface area contributed by atoms with E-state index >= 15 is 0 Å². The third-order valence-electron chi connectivity index (χ3n) is 6.49. The maximum absolute atomic E-state index is 13.3. The number of unbranched alkanes of at least 4 members (excludes halogenated alkanes) is 1. The van der Waals surface area contributed by atoms with Crippen molar-refractivity contribution in [2.24, 2.45) is 17.4 Å². The Labute approximate surface area is 252 Å². The highest BCUT2D eigenvalue weighted by molar-refractivity contribution is 5.96. The number of amides is 6. The maximum atomic E-state index is 13.3. The molecule has 0 aromatic heterocycles. The molecule has 0 bridgehead atoms. The van der Waals surface area contributed by atoms with Gasteiger partial charge in [-0.25, -0.2) is 0 Å². The Bertz CT molecular complexity index is 1080. The van der Waals surface area contributed by atoms with Gasteiger partial charge in [0.25, 0.3) is 0 Å². The number of hydrogen-bond acceptors (Lipinski definition) is 8. The molecule has 14 heteroatoms. The second-order valence-corrected chi connectivity index (χ2v) is 10.9. The first kappa shape index (κ1) is 37.0. The molecule has 0 aliphatic heterocycles. The van der Waals surface area contributed by atoms with Crippen LogP contribution in [0, 0.1) is 5.92 Å². The van der Waals surface area contributed by atoms with Crippen LogP contribution < -0.4 is 38.1 Å². The fraction of sp³-hybridized carbons (Fsp3) is 0.586. The third-order valence-corrected chi connectivity index (χ3v) is 6.49. The Hall–Kier alpha value is -4.04. The van der Waals surface area contributed by atoms with E-state index in [0.29, 0.717) is 19.4 Å². The monoisotopic (exact) mass is 605 g/mol. The van der Waals surface area contributed by atoms with Crippen molar-refractivity contribution >= 4 is 35.4 Å². The lowest BCUT2D eigenvalue weighted by atomic mass is 10.0. The van der Waals surface area contributed by atoms with Gasteiger partial charge in [-0.15, -0.1) is 0 Å². The van der Waals surface area contributed by atoms with Gasteiger partial charge in [0.05, 0.1) is 6.61 Å². The van der Waals surface area contributed by atoms with Crippen molar-refractivity contribution in [1.29, 1.82) is 0 Å². The molecule has 43 heavy (non-hydrogen) atoms. The standard InChI is InChI=1S/C29H47N7O7/c1-17(2)14-22(29(43)34-21(12-8-9-13-30)27(41)36-24(16-37)25(31)39)35-26(40)18(3)32-28(42)23(33-19(4)38)15-20-10-6-5-7-11-20/h5-7,10-11,17-18,21-24,37H,8-9,12-16,30H2,1-4H3,(H2,31,39)(H,32,42)(H,33,38)(H,34,43)(H,35,40)(H,36,41)/t18-,21-,22-,23-,24-/m0/s1. The quantitative estimate of drug-likeness (QED) is 0.0848. The zero-order valence-electron chi connectivity index (χ0n) is 25.4. The number of carbonyl (C=O) groups is 6. The molecular weight excluding hydrogens is 558 g/mol. The van der Waals surface area contributed by atoms with Crippen LogP contribution in [0.15, 0.2) is 30.3 Å². The van der Waals surface area contributed by atoms with Crippen LogP contribution in [0.4, 0.5) is 0 Å². The van der Waals surface area contributed by atoms with Crippen LogP contribution in [0.2, 0.25) is 0 Å². The lowest BCUT2D eigenvalue weighted by molar-refractivity contribution is -0.135. The van der Waals surface area contributed by atoms with Crippen LogP contribution >= 0.6 is 0 Å². The molecule has 6 amide bonds. The summed E-state index contributed by atoms with van der Waals surface area (Å²) in [6.45, 7) is 6.10. The van der Waals surface area contributed by atoms with Crippen LogP contribution in [0.25, 0.3) is 0 Å². The molecule has 0 spiro atoms. The summed E-state index contributed by atoms with van der Waals surface area (Å²) in [4.78, 5) is 75.5. The maximum Gasteiger partial charge on any atom is 0.243 e. The van der Waals surface area contributed by atoms with Gasteiger partial charge in [-0.1, -0.05) is 44.2 Å². The van der Waals surface area contributed by atoms with Crippen LogP contribution in [0.1, 0.15) is 58.9 Å². The van der Waals surface area contributed by atoms with Gasteiger partial charge < -0.3 is 43.2 Å². The number of carbonyl (C=O) groups excluding carboxylic acids is 6. The van der Waals surface area contributed by atoms with Crippen LogP contribution in [0.5, 0.6) is 0 Å². The number of nitrogens with two attached hydrogens (primary N) is 2. The molecule has 240 valence electrons. The number of aliphatic hydroxyl groups is 1. The first-order valence-corrected chi connectivity index (χ1v) is 14.4. The molecule has 0 radical (unpaired) electrons. The Morgan fingerprint density at radius 3 is 1.84 bits per heavy atom. The van der Waals surface area contributed by atoms with Gasteiger partial charge >= 0.3 is 0 Å². The van der Waals surface area contributed by atoms with Crippen LogP contribution in [-0.2, 0) is 35.2 Å². The van der Waals surface area contributed by atoms with Gasteiger partial charge in [0.15, 0.2) is 0 Å². The number of nitrogens with one attached hydrogen (secondary N) is 5. The number of primary amides is 1. The van der Waals surface area contributed by atoms with Crippen molar-refractivity contribution in [1.82, 2.24) is 26.6 Å². The average molecular weight is 606 g/mol. The van der Waals surface area contributed by atoms with Crippen LogP contribution in [0.3, 0.4) is 0 Å². The molecule has 0 saturated heterocycles. The summed E-state index contributed by atoms with van der Waals surface area (Å²) >= 11 is 0. The van der Waals surface area contributed by atoms with E-state index in [2.05, 4.69) is 26.6 Å². The second kappa shape index (κ2) is 19.2. The van der Waals surface area contributed by atoms with E-state index in [-0.39, 0.29) is 25.2 Å². The third kappa shape index (κ3) is 14.1. The molecule has 0 aliphatic rings. The number of aliphatic hydroxyl groups excluding tert-OH is 1. The second-order valence-electron chi connectivity index (χ2n) is 10.9. The minimum atomic E-state index is -1.33. The minimum absolute atomic E-state index is 0.0332. The number of hydrogen-bond donors (Lipinski definition) is 8. The molecule has 1 aromatic rings. The SMILES string of the molecule is CC(=O)N[C@@H](Cc1ccccc1)C(=O)N[C@@H](C)C(=O)N[C@@H](CC(C)C)C(=O)N[C@@H](CCCCN)C(=O)N[C@@H](CO)C(N)=O. The zero-order valence-corrected chi connectivity index (χ0v) is 25.4. The van der Waals surface area contributed by atoms with Gasteiger partial charge in [-0.2, -0.15) is 0 Å². The minimum Gasteiger partial charge on any atom is -0.394 e. The molecule has 5 atom stereocenters. The van der Waals surface area contributed by atoms with E-state index in [0.717, 1.165) is 5.56 Å².